The average molecular weight is 507 g/mol. The van der Waals surface area contributed by atoms with Gasteiger partial charge in [-0.2, -0.15) is 26.3 Å². The van der Waals surface area contributed by atoms with Crippen LogP contribution in [0.25, 0.3) is 0 Å². The lowest BCUT2D eigenvalue weighted by atomic mass is 10.1. The number of nitrogens with one attached hydrogen (secondary N) is 1. The second-order valence-electron chi connectivity index (χ2n) is 6.82. The molecule has 7 nitrogen and oxygen atoms in total. The van der Waals surface area contributed by atoms with Crippen LogP contribution in [0.4, 0.5) is 32.0 Å². The second-order valence-corrected chi connectivity index (χ2v) is 8.84. The number of hydrogen-bond acceptors (Lipinski definition) is 6. The smallest absolute Gasteiger partial charge is 0.433 e. The lowest BCUT2D eigenvalue weighted by molar-refractivity contribution is -0.141. The maximum Gasteiger partial charge on any atom is 0.433 e. The Morgan fingerprint density at radius 3 is 2.24 bits per heavy atom. The third kappa shape index (κ3) is 6.01. The van der Waals surface area contributed by atoms with E-state index in [0.29, 0.717) is 24.4 Å². The van der Waals surface area contributed by atoms with E-state index in [2.05, 4.69) is 15.3 Å². The van der Waals surface area contributed by atoms with Gasteiger partial charge in [-0.1, -0.05) is 0 Å². The van der Waals surface area contributed by atoms with Gasteiger partial charge in [0.25, 0.3) is 5.91 Å². The molecule has 1 aromatic carbocycles. The summed E-state index contributed by atoms with van der Waals surface area (Å²) in [4.78, 5) is 19.3. The zero-order valence-corrected chi connectivity index (χ0v) is 17.7. The number of hydrogen-bond donors (Lipinski definition) is 1. The summed E-state index contributed by atoms with van der Waals surface area (Å²) in [5.41, 5.74) is -2.92. The Hall–Kier alpha value is -3.68. The summed E-state index contributed by atoms with van der Waals surface area (Å²) in [5.74, 6) is -1.97. The highest BCUT2D eigenvalue weighted by molar-refractivity contribution is 7.90. The summed E-state index contributed by atoms with van der Waals surface area (Å²) >= 11 is 0. The zero-order chi connectivity index (χ0) is 25.3. The van der Waals surface area contributed by atoms with Gasteiger partial charge in [-0.3, -0.25) is 9.78 Å². The Morgan fingerprint density at radius 1 is 0.971 bits per heavy atom. The Balaban J connectivity index is 0.00000432. The van der Waals surface area contributed by atoms with E-state index in [4.69, 9.17) is 4.74 Å². The molecule has 14 heteroatoms. The van der Waals surface area contributed by atoms with E-state index in [0.717, 1.165) is 36.8 Å². The molecule has 0 unspecified atom stereocenters. The van der Waals surface area contributed by atoms with E-state index >= 15 is 0 Å². The molecule has 0 aliphatic heterocycles. The van der Waals surface area contributed by atoms with Crippen molar-refractivity contribution >= 4 is 21.4 Å². The van der Waals surface area contributed by atoms with E-state index in [1.165, 1.54) is 0 Å². The van der Waals surface area contributed by atoms with Crippen molar-refractivity contribution in [2.24, 2.45) is 0 Å². The van der Waals surface area contributed by atoms with Crippen LogP contribution in [0.1, 0.15) is 23.0 Å². The van der Waals surface area contributed by atoms with Gasteiger partial charge < -0.3 is 10.1 Å². The molecular formula is C20H15F6N3O4S. The predicted octanol–water partition coefficient (Wildman–Crippen LogP) is 5.21. The van der Waals surface area contributed by atoms with Crippen molar-refractivity contribution in [3.63, 3.8) is 0 Å². The minimum Gasteiger partial charge on any atom is -0.455 e. The van der Waals surface area contributed by atoms with E-state index in [1.54, 1.807) is 0 Å². The number of anilines is 1. The van der Waals surface area contributed by atoms with Gasteiger partial charge in [-0.05, 0) is 36.4 Å². The number of amides is 1. The number of sulfone groups is 1. The highest BCUT2D eigenvalue weighted by atomic mass is 32.2. The van der Waals surface area contributed by atoms with Crippen LogP contribution in [0.3, 0.4) is 0 Å². The van der Waals surface area contributed by atoms with Gasteiger partial charge in [-0.25, -0.2) is 13.4 Å². The predicted molar refractivity (Wildman–Crippen MR) is 108 cm³/mol. The van der Waals surface area contributed by atoms with Gasteiger partial charge in [-0.15, -0.1) is 0 Å². The molecule has 0 saturated heterocycles. The first kappa shape index (κ1) is 25.0. The fourth-order valence-corrected chi connectivity index (χ4v) is 3.19. The molecule has 0 fully saturated rings. The highest BCUT2D eigenvalue weighted by Gasteiger charge is 2.33. The molecule has 2 aromatic heterocycles. The molecule has 1 N–H and O–H groups in total. The monoisotopic (exact) mass is 507 g/mol. The molecule has 0 bridgehead atoms. The maximum absolute atomic E-state index is 13.2. The zero-order valence-electron chi connectivity index (χ0n) is 16.9. The van der Waals surface area contributed by atoms with Gasteiger partial charge >= 0.3 is 12.4 Å². The minimum absolute atomic E-state index is 0. The van der Waals surface area contributed by atoms with Crippen molar-refractivity contribution in [1.82, 2.24) is 9.97 Å². The maximum atomic E-state index is 13.2. The molecule has 1 amide bonds. The molecule has 0 spiro atoms. The van der Waals surface area contributed by atoms with E-state index in [-0.39, 0.29) is 17.8 Å². The molecule has 0 saturated carbocycles. The number of alkyl halides is 6. The summed E-state index contributed by atoms with van der Waals surface area (Å²) in [7, 11) is -3.66. The van der Waals surface area contributed by atoms with E-state index in [1.807, 2.05) is 0 Å². The van der Waals surface area contributed by atoms with Crippen LogP contribution in [0, 0.1) is 0 Å². The fourth-order valence-electron chi connectivity index (χ4n) is 2.59. The molecule has 0 aliphatic carbocycles. The molecule has 0 aliphatic rings. The SMILES string of the molecule is CS(=O)(=O)c1cncc(NC(=O)c2ccc(C(F)(F)F)cc2Oc2ccc(C(F)(F)F)nc2)c1.[HH]. The summed E-state index contributed by atoms with van der Waals surface area (Å²) in [6.45, 7) is 0. The van der Waals surface area contributed by atoms with Crippen LogP contribution in [-0.2, 0) is 22.2 Å². The Morgan fingerprint density at radius 2 is 1.68 bits per heavy atom. The minimum atomic E-state index is -4.81. The molecule has 3 rings (SSSR count). The summed E-state index contributed by atoms with van der Waals surface area (Å²) in [6, 6.07) is 4.39. The third-order valence-corrected chi connectivity index (χ3v) is 5.29. The van der Waals surface area contributed by atoms with Gasteiger partial charge in [0.05, 0.1) is 34.1 Å². The molecule has 34 heavy (non-hydrogen) atoms. The lowest BCUT2D eigenvalue weighted by Gasteiger charge is -2.15. The second kappa shape index (κ2) is 8.93. The topological polar surface area (TPSA) is 98.2 Å². The first-order valence-corrected chi connectivity index (χ1v) is 10.9. The normalized spacial score (nSPS) is 12.3. The van der Waals surface area contributed by atoms with E-state index in [9.17, 15) is 39.6 Å². The number of benzene rings is 1. The molecule has 0 atom stereocenters. The van der Waals surface area contributed by atoms with Gasteiger partial charge in [0.2, 0.25) is 0 Å². The largest absolute Gasteiger partial charge is 0.455 e. The Bertz CT molecular complexity index is 1330. The first-order valence-electron chi connectivity index (χ1n) is 9.03. The highest BCUT2D eigenvalue weighted by Crippen LogP contribution is 2.36. The average Bonchev–Trinajstić information content (AvgIpc) is 2.72. The number of halogens is 6. The van der Waals surface area contributed by atoms with Gasteiger partial charge in [0.15, 0.2) is 9.84 Å². The molecule has 0 radical (unpaired) electrons. The van der Waals surface area contributed by atoms with Gasteiger partial charge in [0.1, 0.15) is 17.2 Å². The number of ether oxygens (including phenoxy) is 1. The van der Waals surface area contributed by atoms with Crippen molar-refractivity contribution in [3.05, 3.63) is 71.8 Å². The number of aromatic nitrogens is 2. The van der Waals surface area contributed by atoms with Crippen LogP contribution < -0.4 is 10.1 Å². The van der Waals surface area contributed by atoms with Crippen molar-refractivity contribution < 1.29 is 45.7 Å². The number of pyridine rings is 2. The lowest BCUT2D eigenvalue weighted by Crippen LogP contribution is -2.15. The first-order chi connectivity index (χ1) is 15.6. The Labute approximate surface area is 189 Å². The molecule has 182 valence electrons. The number of carbonyl (C=O) groups is 1. The van der Waals surface area contributed by atoms with Crippen LogP contribution in [-0.4, -0.2) is 30.5 Å². The molecular weight excluding hydrogens is 492 g/mol. The van der Waals surface area contributed by atoms with Crippen LogP contribution >= 0.6 is 0 Å². The van der Waals surface area contributed by atoms with E-state index < -0.39 is 50.7 Å². The van der Waals surface area contributed by atoms with Crippen molar-refractivity contribution in [3.8, 4) is 11.5 Å². The van der Waals surface area contributed by atoms with Crippen molar-refractivity contribution in [2.75, 3.05) is 11.6 Å². The van der Waals surface area contributed by atoms with Gasteiger partial charge in [0, 0.05) is 13.9 Å². The summed E-state index contributed by atoms with van der Waals surface area (Å²) < 4.78 is 106. The standard InChI is InChI=1S/C20H13F6N3O4S.H2/c1-34(31,32)14-7-12(8-27-10-14)29-18(30)15-4-2-11(19(21,22)23)6-16(15)33-13-3-5-17(28-9-13)20(24,25)26;/h2-10H,1H3,(H,29,30);1H. The quantitative estimate of drug-likeness (QED) is 0.477. The fraction of sp³-hybridized carbons (Fsp3) is 0.150. The third-order valence-electron chi connectivity index (χ3n) is 4.21. The molecule has 2 heterocycles. The Kier molecular flexibility index (Phi) is 6.55. The van der Waals surface area contributed by atoms with Crippen molar-refractivity contribution in [1.29, 1.82) is 0 Å². The number of carbonyl (C=O) groups excluding carboxylic acids is 1. The number of nitrogens with zero attached hydrogens (tertiary/aromatic N) is 2. The number of rotatable bonds is 5. The molecule has 3 aromatic rings. The summed E-state index contributed by atoms with van der Waals surface area (Å²) in [6.07, 6.45) is -5.85. The summed E-state index contributed by atoms with van der Waals surface area (Å²) in [5, 5.41) is 2.29. The van der Waals surface area contributed by atoms with Crippen molar-refractivity contribution in [2.45, 2.75) is 17.2 Å². The van der Waals surface area contributed by atoms with Crippen LogP contribution in [0.2, 0.25) is 0 Å². The van der Waals surface area contributed by atoms with Crippen LogP contribution in [0.5, 0.6) is 11.5 Å². The van der Waals surface area contributed by atoms with Crippen LogP contribution in [0.15, 0.2) is 59.9 Å².